The lowest BCUT2D eigenvalue weighted by Crippen LogP contribution is -2.32. The van der Waals surface area contributed by atoms with Crippen molar-refractivity contribution < 1.29 is 4.79 Å². The van der Waals surface area contributed by atoms with Crippen molar-refractivity contribution in [3.63, 3.8) is 0 Å². The van der Waals surface area contributed by atoms with Crippen LogP contribution >= 0.6 is 0 Å². The summed E-state index contributed by atoms with van der Waals surface area (Å²) in [6, 6.07) is 19.4. The van der Waals surface area contributed by atoms with Gasteiger partial charge in [-0.2, -0.15) is 5.10 Å². The Morgan fingerprint density at radius 3 is 2.44 bits per heavy atom. The fraction of sp³-hybridized carbons (Fsp3) is 0.364. The lowest BCUT2D eigenvalue weighted by Gasteiger charge is -2.16. The van der Waals surface area contributed by atoms with E-state index in [1.165, 1.54) is 16.7 Å². The van der Waals surface area contributed by atoms with Crippen LogP contribution in [0.25, 0.3) is 22.4 Å². The molecule has 0 spiro atoms. The molecule has 0 saturated carbocycles. The molecule has 2 aromatic heterocycles. The zero-order valence-corrected chi connectivity index (χ0v) is 24.4. The number of carbonyl (C=O) groups excluding carboxylic acids is 1. The second kappa shape index (κ2) is 11.4. The van der Waals surface area contributed by atoms with Crippen LogP contribution in [0.3, 0.4) is 0 Å². The second-order valence-electron chi connectivity index (χ2n) is 11.7. The Balaban J connectivity index is 1.28. The third kappa shape index (κ3) is 5.70. The minimum atomic E-state index is -0.0261. The molecule has 6 rings (SSSR count). The van der Waals surface area contributed by atoms with Gasteiger partial charge in [-0.3, -0.25) is 4.68 Å². The van der Waals surface area contributed by atoms with Crippen LogP contribution in [-0.2, 0) is 13.0 Å². The third-order valence-electron chi connectivity index (χ3n) is 8.01. The van der Waals surface area contributed by atoms with Crippen molar-refractivity contribution in [2.24, 2.45) is 0 Å². The molecule has 2 aliphatic heterocycles. The first-order valence-electron chi connectivity index (χ1n) is 14.6. The Morgan fingerprint density at radius 1 is 1.02 bits per heavy atom. The average molecular weight is 550 g/mol. The minimum Gasteiger partial charge on any atom is -0.363 e. The molecule has 212 valence electrons. The van der Waals surface area contributed by atoms with Gasteiger partial charge in [0, 0.05) is 66.9 Å². The van der Waals surface area contributed by atoms with Gasteiger partial charge in [0.1, 0.15) is 11.5 Å². The molecule has 1 saturated heterocycles. The molecule has 1 fully saturated rings. The van der Waals surface area contributed by atoms with Gasteiger partial charge in [0.25, 0.3) is 0 Å². The van der Waals surface area contributed by atoms with Gasteiger partial charge in [0.2, 0.25) is 0 Å². The topological polar surface area (TPSA) is 78.3 Å². The van der Waals surface area contributed by atoms with Crippen LogP contribution in [0.2, 0.25) is 0 Å². The maximum Gasteiger partial charge on any atom is 0.321 e. The van der Waals surface area contributed by atoms with Crippen molar-refractivity contribution in [1.29, 1.82) is 0 Å². The number of carbonyl (C=O) groups is 1. The number of hydrogen-bond donors (Lipinski definition) is 2. The molecule has 1 atom stereocenters. The molecule has 4 heterocycles. The zero-order valence-electron chi connectivity index (χ0n) is 24.4. The summed E-state index contributed by atoms with van der Waals surface area (Å²) >= 11 is 0. The number of nitrogens with zero attached hydrogens (tertiary/aromatic N) is 5. The quantitative estimate of drug-likeness (QED) is 0.272. The van der Waals surface area contributed by atoms with Crippen molar-refractivity contribution in [2.45, 2.75) is 51.7 Å². The number of aromatic nitrogens is 3. The van der Waals surface area contributed by atoms with E-state index in [0.29, 0.717) is 0 Å². The predicted octanol–water partition coefficient (Wildman–Crippen LogP) is 6.59. The predicted molar refractivity (Wildman–Crippen MR) is 165 cm³/mol. The number of nitrogens with one attached hydrogen (secondary N) is 2. The molecule has 8 nitrogen and oxygen atoms in total. The van der Waals surface area contributed by atoms with Gasteiger partial charge in [-0.05, 0) is 75.7 Å². The summed E-state index contributed by atoms with van der Waals surface area (Å²) in [7, 11) is 4.18. The highest BCUT2D eigenvalue weighted by Gasteiger charge is 2.28. The lowest BCUT2D eigenvalue weighted by molar-refractivity contribution is 0.222. The normalized spacial score (nSPS) is 16.3. The number of urea groups is 1. The summed E-state index contributed by atoms with van der Waals surface area (Å²) in [4.78, 5) is 21.3. The van der Waals surface area contributed by atoms with E-state index in [9.17, 15) is 4.79 Å². The van der Waals surface area contributed by atoms with E-state index < -0.39 is 0 Å². The summed E-state index contributed by atoms with van der Waals surface area (Å²) in [6.45, 7) is 6.87. The Kier molecular flexibility index (Phi) is 7.49. The molecular formula is C33H39N7O. The van der Waals surface area contributed by atoms with Gasteiger partial charge in [0.05, 0.1) is 6.04 Å². The first kappa shape index (κ1) is 27.0. The molecule has 41 heavy (non-hydrogen) atoms. The maximum atomic E-state index is 12.6. The number of benzene rings is 2. The van der Waals surface area contributed by atoms with Crippen LogP contribution in [0.1, 0.15) is 55.5 Å². The molecular weight excluding hydrogens is 510 g/mol. The molecule has 0 bridgehead atoms. The highest BCUT2D eigenvalue weighted by Crippen LogP contribution is 2.42. The van der Waals surface area contributed by atoms with Crippen LogP contribution in [0.15, 0.2) is 67.0 Å². The van der Waals surface area contributed by atoms with Gasteiger partial charge in [-0.1, -0.05) is 36.4 Å². The zero-order chi connectivity index (χ0) is 28.5. The van der Waals surface area contributed by atoms with E-state index in [-0.39, 0.29) is 18.1 Å². The number of pyridine rings is 1. The smallest absolute Gasteiger partial charge is 0.321 e. The van der Waals surface area contributed by atoms with E-state index in [1.807, 2.05) is 40.0 Å². The largest absolute Gasteiger partial charge is 0.363 e. The highest BCUT2D eigenvalue weighted by atomic mass is 16.2. The Hall–Kier alpha value is -4.17. The SMILES string of the molecule is CC(C)n1cc(-c2ccnc3c2CC(c2ccc(CN(C)C)cc2)N3)c(-c2ccc(NC(=O)N3CCCC3)cc2)n1. The van der Waals surface area contributed by atoms with Gasteiger partial charge >= 0.3 is 6.03 Å². The first-order chi connectivity index (χ1) is 19.9. The molecule has 4 aromatic rings. The van der Waals surface area contributed by atoms with E-state index in [4.69, 9.17) is 10.1 Å². The summed E-state index contributed by atoms with van der Waals surface area (Å²) in [6.07, 6.45) is 7.05. The van der Waals surface area contributed by atoms with Gasteiger partial charge in [-0.25, -0.2) is 9.78 Å². The standard InChI is InChI=1S/C33H39N7O/c1-22(2)40-21-29(31(37-40)25-11-13-26(14-12-25)35-33(41)39-17-5-6-18-39)27-15-16-34-32-28(27)19-30(36-32)24-9-7-23(8-10-24)20-38(3)4/h7-16,21-22,30H,5-6,17-20H2,1-4H3,(H,34,36)(H,35,41). The number of hydrogen-bond acceptors (Lipinski definition) is 5. The number of rotatable bonds is 7. The monoisotopic (exact) mass is 549 g/mol. The lowest BCUT2D eigenvalue weighted by atomic mass is 9.95. The number of anilines is 2. The Morgan fingerprint density at radius 2 is 1.76 bits per heavy atom. The van der Waals surface area contributed by atoms with Crippen LogP contribution in [0.5, 0.6) is 0 Å². The number of likely N-dealkylation sites (tertiary alicyclic amines) is 1. The molecule has 0 aliphatic carbocycles. The van der Waals surface area contributed by atoms with Gasteiger partial charge in [0.15, 0.2) is 0 Å². The van der Waals surface area contributed by atoms with E-state index in [1.54, 1.807) is 0 Å². The van der Waals surface area contributed by atoms with E-state index >= 15 is 0 Å². The molecule has 8 heteroatoms. The fourth-order valence-electron chi connectivity index (χ4n) is 5.82. The summed E-state index contributed by atoms with van der Waals surface area (Å²) in [5, 5.41) is 11.7. The third-order valence-corrected chi connectivity index (χ3v) is 8.01. The number of fused-ring (bicyclic) bond motifs is 1. The Labute approximate surface area is 242 Å². The maximum absolute atomic E-state index is 12.6. The first-order valence-corrected chi connectivity index (χ1v) is 14.6. The van der Waals surface area contributed by atoms with Crippen molar-refractivity contribution in [1.82, 2.24) is 24.6 Å². The summed E-state index contributed by atoms with van der Waals surface area (Å²) in [5.74, 6) is 0.938. The molecule has 1 unspecified atom stereocenters. The second-order valence-corrected chi connectivity index (χ2v) is 11.7. The summed E-state index contributed by atoms with van der Waals surface area (Å²) in [5.41, 5.74) is 8.78. The number of amides is 2. The van der Waals surface area contributed by atoms with Gasteiger partial charge in [-0.15, -0.1) is 0 Å². The molecule has 0 radical (unpaired) electrons. The Bertz CT molecular complexity index is 1520. The van der Waals surface area contributed by atoms with Crippen molar-refractivity contribution in [2.75, 3.05) is 37.8 Å². The molecule has 2 amide bonds. The molecule has 2 aromatic carbocycles. The average Bonchev–Trinajstić information content (AvgIpc) is 3.73. The van der Waals surface area contributed by atoms with Crippen molar-refractivity contribution in [3.8, 4) is 22.4 Å². The van der Waals surface area contributed by atoms with Crippen LogP contribution < -0.4 is 10.6 Å². The molecule has 2 aliphatic rings. The van der Waals surface area contributed by atoms with Crippen molar-refractivity contribution >= 4 is 17.5 Å². The van der Waals surface area contributed by atoms with Crippen LogP contribution in [0, 0.1) is 0 Å². The van der Waals surface area contributed by atoms with E-state index in [0.717, 1.165) is 72.8 Å². The van der Waals surface area contributed by atoms with Crippen LogP contribution in [0.4, 0.5) is 16.3 Å². The van der Waals surface area contributed by atoms with Crippen LogP contribution in [-0.4, -0.2) is 57.8 Å². The van der Waals surface area contributed by atoms with Crippen molar-refractivity contribution in [3.05, 3.63) is 83.7 Å². The minimum absolute atomic E-state index is 0.0261. The summed E-state index contributed by atoms with van der Waals surface area (Å²) < 4.78 is 2.03. The van der Waals surface area contributed by atoms with Gasteiger partial charge < -0.3 is 20.4 Å². The molecule has 2 N–H and O–H groups in total. The van der Waals surface area contributed by atoms with E-state index in [2.05, 4.69) is 80.0 Å². The highest BCUT2D eigenvalue weighted by molar-refractivity contribution is 5.90. The fourth-order valence-corrected chi connectivity index (χ4v) is 5.82.